The van der Waals surface area contributed by atoms with Crippen molar-refractivity contribution in [2.45, 2.75) is 45.2 Å². The minimum Gasteiger partial charge on any atom is -0.341 e. The van der Waals surface area contributed by atoms with Gasteiger partial charge in [0.2, 0.25) is 0 Å². The van der Waals surface area contributed by atoms with Gasteiger partial charge >= 0.3 is 0 Å². The molecular weight excluding hydrogens is 296 g/mol. The van der Waals surface area contributed by atoms with E-state index in [2.05, 4.69) is 55.0 Å². The first-order valence-electron chi connectivity index (χ1n) is 8.74. The number of nitrogens with zero attached hydrogens (tertiary/aromatic N) is 3. The topological polar surface area (TPSA) is 44.8 Å². The highest BCUT2D eigenvalue weighted by Crippen LogP contribution is 2.40. The zero-order chi connectivity index (χ0) is 16.7. The number of rotatable bonds is 2. The quantitative estimate of drug-likeness (QED) is 0.757. The van der Waals surface area contributed by atoms with E-state index in [0.29, 0.717) is 12.1 Å². The second-order valence-electron chi connectivity index (χ2n) is 6.91. The van der Waals surface area contributed by atoms with Crippen molar-refractivity contribution in [3.63, 3.8) is 0 Å². The summed E-state index contributed by atoms with van der Waals surface area (Å²) >= 11 is 0. The molecule has 1 N–H and O–H groups in total. The summed E-state index contributed by atoms with van der Waals surface area (Å²) in [6, 6.07) is 11.0. The van der Waals surface area contributed by atoms with Crippen LogP contribution in [0.1, 0.15) is 54.0 Å². The molecule has 0 spiro atoms. The van der Waals surface area contributed by atoms with E-state index in [1.165, 1.54) is 23.2 Å². The third kappa shape index (κ3) is 2.51. The molecule has 1 aromatic carbocycles. The number of benzene rings is 1. The van der Waals surface area contributed by atoms with Gasteiger partial charge in [-0.15, -0.1) is 0 Å². The molecule has 3 aromatic rings. The molecule has 4 nitrogen and oxygen atoms in total. The second-order valence-corrected chi connectivity index (χ2v) is 6.91. The van der Waals surface area contributed by atoms with Crippen molar-refractivity contribution in [2.24, 2.45) is 0 Å². The number of imidazole rings is 1. The van der Waals surface area contributed by atoms with Gasteiger partial charge in [-0.05, 0) is 69.5 Å². The molecule has 0 saturated carbocycles. The summed E-state index contributed by atoms with van der Waals surface area (Å²) in [5.74, 6) is 1.08. The van der Waals surface area contributed by atoms with Gasteiger partial charge in [0.25, 0.3) is 0 Å². The molecule has 4 heteroatoms. The smallest absolute Gasteiger partial charge is 0.124 e. The molecule has 0 bridgehead atoms. The third-order valence-electron chi connectivity index (χ3n) is 5.49. The van der Waals surface area contributed by atoms with Gasteiger partial charge in [-0.25, -0.2) is 4.98 Å². The van der Waals surface area contributed by atoms with Crippen LogP contribution in [0.2, 0.25) is 0 Å². The van der Waals surface area contributed by atoms with E-state index in [4.69, 9.17) is 9.97 Å². The van der Waals surface area contributed by atoms with Crippen LogP contribution in [0.3, 0.4) is 0 Å². The van der Waals surface area contributed by atoms with Gasteiger partial charge in [0, 0.05) is 6.20 Å². The SMILES string of the molecule is Cc1ccnc([C@@H]2CCC[C@H](c3nc4ccccc4[nH]3)N2C)c1C. The number of aryl methyl sites for hydroxylation is 1. The number of fused-ring (bicyclic) bond motifs is 1. The molecule has 0 unspecified atom stereocenters. The summed E-state index contributed by atoms with van der Waals surface area (Å²) in [6.07, 6.45) is 5.43. The molecule has 1 aliphatic rings. The lowest BCUT2D eigenvalue weighted by Crippen LogP contribution is -2.34. The van der Waals surface area contributed by atoms with E-state index in [1.54, 1.807) is 0 Å². The van der Waals surface area contributed by atoms with Gasteiger partial charge in [0.05, 0.1) is 28.8 Å². The Labute approximate surface area is 142 Å². The Kier molecular flexibility index (Phi) is 3.85. The first kappa shape index (κ1) is 15.3. The van der Waals surface area contributed by atoms with Crippen LogP contribution in [0.4, 0.5) is 0 Å². The fraction of sp³-hybridized carbons (Fsp3) is 0.400. The Morgan fingerprint density at radius 1 is 1.08 bits per heavy atom. The highest BCUT2D eigenvalue weighted by atomic mass is 15.2. The maximum Gasteiger partial charge on any atom is 0.124 e. The Balaban J connectivity index is 1.69. The number of hydrogen-bond acceptors (Lipinski definition) is 3. The van der Waals surface area contributed by atoms with E-state index in [9.17, 15) is 0 Å². The van der Waals surface area contributed by atoms with Crippen molar-refractivity contribution in [3.8, 4) is 0 Å². The minimum atomic E-state index is 0.317. The first-order chi connectivity index (χ1) is 11.6. The van der Waals surface area contributed by atoms with Crippen LogP contribution in [-0.2, 0) is 0 Å². The monoisotopic (exact) mass is 320 g/mol. The predicted molar refractivity (Wildman–Crippen MR) is 96.9 cm³/mol. The van der Waals surface area contributed by atoms with Crippen molar-refractivity contribution < 1.29 is 0 Å². The number of para-hydroxylation sites is 2. The van der Waals surface area contributed by atoms with Gasteiger partial charge in [-0.1, -0.05) is 12.1 Å². The number of aromatic amines is 1. The lowest BCUT2D eigenvalue weighted by atomic mass is 9.91. The molecule has 1 aliphatic heterocycles. The number of piperidine rings is 1. The zero-order valence-electron chi connectivity index (χ0n) is 14.6. The third-order valence-corrected chi connectivity index (χ3v) is 5.49. The van der Waals surface area contributed by atoms with E-state index in [0.717, 1.165) is 29.7 Å². The van der Waals surface area contributed by atoms with Crippen LogP contribution in [-0.4, -0.2) is 26.9 Å². The highest BCUT2D eigenvalue weighted by Gasteiger charge is 2.33. The lowest BCUT2D eigenvalue weighted by Gasteiger charge is -2.39. The van der Waals surface area contributed by atoms with Gasteiger partial charge in [0.15, 0.2) is 0 Å². The van der Waals surface area contributed by atoms with E-state index in [-0.39, 0.29) is 0 Å². The summed E-state index contributed by atoms with van der Waals surface area (Å²) < 4.78 is 0. The summed E-state index contributed by atoms with van der Waals surface area (Å²) in [7, 11) is 2.21. The van der Waals surface area contributed by atoms with Crippen LogP contribution >= 0.6 is 0 Å². The summed E-state index contributed by atoms with van der Waals surface area (Å²) in [6.45, 7) is 4.36. The molecule has 2 aromatic heterocycles. The van der Waals surface area contributed by atoms with Gasteiger partial charge in [-0.2, -0.15) is 0 Å². The van der Waals surface area contributed by atoms with Crippen molar-refractivity contribution >= 4 is 11.0 Å². The summed E-state index contributed by atoms with van der Waals surface area (Å²) in [4.78, 5) is 15.5. The van der Waals surface area contributed by atoms with E-state index < -0.39 is 0 Å². The van der Waals surface area contributed by atoms with Crippen molar-refractivity contribution in [1.29, 1.82) is 0 Å². The second kappa shape index (κ2) is 6.02. The number of likely N-dealkylation sites (tertiary alicyclic amines) is 1. The maximum absolute atomic E-state index is 4.84. The number of hydrogen-bond donors (Lipinski definition) is 1. The Hall–Kier alpha value is -2.20. The Morgan fingerprint density at radius 3 is 2.71 bits per heavy atom. The first-order valence-corrected chi connectivity index (χ1v) is 8.74. The standard InChI is InChI=1S/C20H24N4/c1-13-11-12-21-19(14(13)2)17-9-6-10-18(24(17)3)20-22-15-7-4-5-8-16(15)23-20/h4-5,7-8,11-12,17-18H,6,9-10H2,1-3H3,(H,22,23)/t17-,18+/m0/s1. The van der Waals surface area contributed by atoms with Crippen LogP contribution < -0.4 is 0 Å². The fourth-order valence-electron chi connectivity index (χ4n) is 3.91. The molecule has 24 heavy (non-hydrogen) atoms. The summed E-state index contributed by atoms with van der Waals surface area (Å²) in [5.41, 5.74) is 6.03. The van der Waals surface area contributed by atoms with Gasteiger partial charge in [-0.3, -0.25) is 9.88 Å². The van der Waals surface area contributed by atoms with Crippen molar-refractivity contribution in [2.75, 3.05) is 7.05 Å². The minimum absolute atomic E-state index is 0.317. The van der Waals surface area contributed by atoms with E-state index in [1.807, 2.05) is 12.3 Å². The number of nitrogens with one attached hydrogen (secondary N) is 1. The molecule has 1 fully saturated rings. The normalized spacial score (nSPS) is 22.1. The van der Waals surface area contributed by atoms with Gasteiger partial charge < -0.3 is 4.98 Å². The van der Waals surface area contributed by atoms with E-state index >= 15 is 0 Å². The zero-order valence-corrected chi connectivity index (χ0v) is 14.6. The molecule has 0 amide bonds. The molecule has 2 atom stereocenters. The molecule has 0 aliphatic carbocycles. The molecular formula is C20H24N4. The van der Waals surface area contributed by atoms with Crippen LogP contribution in [0.25, 0.3) is 11.0 Å². The largest absolute Gasteiger partial charge is 0.341 e. The number of aromatic nitrogens is 3. The predicted octanol–water partition coefficient (Wildman–Crippen LogP) is 4.47. The van der Waals surface area contributed by atoms with Crippen LogP contribution in [0.5, 0.6) is 0 Å². The molecule has 4 rings (SSSR count). The highest BCUT2D eigenvalue weighted by molar-refractivity contribution is 5.74. The molecule has 124 valence electrons. The Morgan fingerprint density at radius 2 is 1.88 bits per heavy atom. The Bertz CT molecular complexity index is 834. The number of H-pyrrole nitrogens is 1. The van der Waals surface area contributed by atoms with Crippen LogP contribution in [0, 0.1) is 13.8 Å². The fourth-order valence-corrected chi connectivity index (χ4v) is 3.91. The van der Waals surface area contributed by atoms with Gasteiger partial charge in [0.1, 0.15) is 5.82 Å². The van der Waals surface area contributed by atoms with Crippen LogP contribution in [0.15, 0.2) is 36.5 Å². The lowest BCUT2D eigenvalue weighted by molar-refractivity contribution is 0.107. The number of pyridine rings is 1. The molecule has 1 saturated heterocycles. The van der Waals surface area contributed by atoms with Crippen molar-refractivity contribution in [1.82, 2.24) is 19.9 Å². The maximum atomic E-state index is 4.84. The molecule has 0 radical (unpaired) electrons. The average molecular weight is 320 g/mol. The summed E-state index contributed by atoms with van der Waals surface area (Å²) in [5, 5.41) is 0. The molecule has 3 heterocycles. The van der Waals surface area contributed by atoms with Crippen molar-refractivity contribution in [3.05, 3.63) is 59.2 Å². The average Bonchev–Trinajstić information content (AvgIpc) is 3.02.